The third-order valence-electron chi connectivity index (χ3n) is 4.32. The van der Waals surface area contributed by atoms with Crippen molar-refractivity contribution in [2.75, 3.05) is 27.2 Å². The molecule has 1 amide bonds. The number of amides is 1. The number of piperidine rings is 1. The second-order valence-electron chi connectivity index (χ2n) is 8.01. The van der Waals surface area contributed by atoms with Gasteiger partial charge in [-0.05, 0) is 65.9 Å². The van der Waals surface area contributed by atoms with E-state index in [1.165, 1.54) is 12.1 Å². The number of nitrogens with one attached hydrogen (secondary N) is 1. The van der Waals surface area contributed by atoms with Crippen LogP contribution in [0.15, 0.2) is 23.1 Å². The van der Waals surface area contributed by atoms with Gasteiger partial charge in [0.2, 0.25) is 10.0 Å². The topological polar surface area (TPSA) is 69.7 Å². The maximum absolute atomic E-state index is 12.9. The summed E-state index contributed by atoms with van der Waals surface area (Å²) in [5.41, 5.74) is -0.309. The van der Waals surface area contributed by atoms with Crippen molar-refractivity contribution in [1.29, 1.82) is 0 Å². The summed E-state index contributed by atoms with van der Waals surface area (Å²) in [5.74, 6) is -0.166. The molecule has 1 atom stereocenters. The van der Waals surface area contributed by atoms with E-state index in [-0.39, 0.29) is 15.8 Å². The molecule has 1 aromatic carbocycles. The van der Waals surface area contributed by atoms with E-state index in [1.54, 1.807) is 31.7 Å². The molecule has 26 heavy (non-hydrogen) atoms. The first kappa shape index (κ1) is 21.2. The molecule has 1 saturated heterocycles. The molecule has 1 unspecified atom stereocenters. The Morgan fingerprint density at radius 3 is 2.54 bits per heavy atom. The van der Waals surface area contributed by atoms with E-state index in [0.29, 0.717) is 24.7 Å². The van der Waals surface area contributed by atoms with Crippen LogP contribution in [0.1, 0.15) is 44.0 Å². The van der Waals surface area contributed by atoms with Crippen LogP contribution < -0.4 is 4.72 Å². The zero-order chi connectivity index (χ0) is 19.7. The van der Waals surface area contributed by atoms with Gasteiger partial charge in [-0.3, -0.25) is 4.79 Å². The molecule has 0 aromatic heterocycles. The predicted molar refractivity (Wildman–Crippen MR) is 104 cm³/mol. The number of carbonyl (C=O) groups excluding carboxylic acids is 1. The number of likely N-dealkylation sites (N-methyl/N-ethyl adjacent to an activating group) is 1. The monoisotopic (exact) mass is 401 g/mol. The maximum atomic E-state index is 12.9. The summed E-state index contributed by atoms with van der Waals surface area (Å²) in [6, 6.07) is 4.74. The largest absolute Gasteiger partial charge is 0.337 e. The highest BCUT2D eigenvalue weighted by Crippen LogP contribution is 2.25. The Kier molecular flexibility index (Phi) is 6.38. The van der Waals surface area contributed by atoms with Gasteiger partial charge in [-0.2, -0.15) is 0 Å². The van der Waals surface area contributed by atoms with Crippen LogP contribution in [0.25, 0.3) is 0 Å². The molecule has 1 N–H and O–H groups in total. The Balaban J connectivity index is 2.30. The van der Waals surface area contributed by atoms with Gasteiger partial charge in [0.15, 0.2) is 0 Å². The lowest BCUT2D eigenvalue weighted by atomic mass is 10.0. The highest BCUT2D eigenvalue weighted by molar-refractivity contribution is 7.89. The molecular formula is C18H28ClN3O3S. The second kappa shape index (κ2) is 7.84. The van der Waals surface area contributed by atoms with Crippen molar-refractivity contribution >= 4 is 27.5 Å². The molecule has 1 aromatic rings. The average molecular weight is 402 g/mol. The van der Waals surface area contributed by atoms with Gasteiger partial charge in [-0.1, -0.05) is 11.6 Å². The lowest BCUT2D eigenvalue weighted by molar-refractivity contribution is 0.0635. The Hall–Kier alpha value is -1.15. The summed E-state index contributed by atoms with van der Waals surface area (Å²) >= 11 is 6.11. The fraction of sp³-hybridized carbons (Fsp3) is 0.611. The van der Waals surface area contributed by atoms with E-state index < -0.39 is 15.6 Å². The van der Waals surface area contributed by atoms with E-state index in [9.17, 15) is 13.2 Å². The molecule has 1 aliphatic heterocycles. The summed E-state index contributed by atoms with van der Waals surface area (Å²) in [7, 11) is 0.187. The summed E-state index contributed by atoms with van der Waals surface area (Å²) in [6.45, 7) is 6.57. The van der Waals surface area contributed by atoms with E-state index in [1.807, 2.05) is 14.1 Å². The van der Waals surface area contributed by atoms with Gasteiger partial charge in [-0.25, -0.2) is 13.1 Å². The Morgan fingerprint density at radius 1 is 1.31 bits per heavy atom. The Labute approximate surface area is 161 Å². The number of sulfonamides is 1. The molecule has 8 heteroatoms. The van der Waals surface area contributed by atoms with Gasteiger partial charge in [0.25, 0.3) is 5.91 Å². The van der Waals surface area contributed by atoms with Crippen molar-refractivity contribution in [3.05, 3.63) is 28.8 Å². The summed E-state index contributed by atoms with van der Waals surface area (Å²) < 4.78 is 27.8. The smallest absolute Gasteiger partial charge is 0.253 e. The Bertz CT molecular complexity index is 772. The third-order valence-corrected chi connectivity index (χ3v) is 6.56. The molecule has 2 rings (SSSR count). The standard InChI is InChI=1S/C18H28ClN3O3S/c1-18(2,3)20-26(24,25)16-11-13(8-9-15(16)19)17(23)22-10-6-7-14(12-22)21(4)5/h8-9,11,14,20H,6-7,10,12H2,1-5H3. The van der Waals surface area contributed by atoms with E-state index >= 15 is 0 Å². The minimum Gasteiger partial charge on any atom is -0.337 e. The number of rotatable bonds is 4. The number of carbonyl (C=O) groups is 1. The van der Waals surface area contributed by atoms with Crippen LogP contribution in [0, 0.1) is 0 Å². The first-order valence-corrected chi connectivity index (χ1v) is 10.6. The Morgan fingerprint density at radius 2 is 1.96 bits per heavy atom. The predicted octanol–water partition coefficient (Wildman–Crippen LogP) is 2.58. The molecule has 0 spiro atoms. The van der Waals surface area contributed by atoms with Gasteiger partial charge < -0.3 is 9.80 Å². The molecule has 0 aliphatic carbocycles. The molecule has 0 bridgehead atoms. The zero-order valence-corrected chi connectivity index (χ0v) is 17.6. The first-order chi connectivity index (χ1) is 11.9. The second-order valence-corrected chi connectivity index (χ2v) is 10.1. The van der Waals surface area contributed by atoms with Crippen molar-refractivity contribution in [1.82, 2.24) is 14.5 Å². The normalized spacial score (nSPS) is 19.0. The quantitative estimate of drug-likeness (QED) is 0.841. The number of nitrogens with zero attached hydrogens (tertiary/aromatic N) is 2. The fourth-order valence-corrected chi connectivity index (χ4v) is 4.99. The minimum atomic E-state index is -3.82. The zero-order valence-electron chi connectivity index (χ0n) is 16.0. The average Bonchev–Trinajstić information content (AvgIpc) is 2.52. The summed E-state index contributed by atoms with van der Waals surface area (Å²) in [6.07, 6.45) is 1.98. The summed E-state index contributed by atoms with van der Waals surface area (Å²) in [5, 5.41) is 0.100. The molecule has 1 aliphatic rings. The number of likely N-dealkylation sites (tertiary alicyclic amines) is 1. The minimum absolute atomic E-state index is 0.0684. The van der Waals surface area contributed by atoms with Gasteiger partial charge in [0.1, 0.15) is 4.90 Å². The number of hydrogen-bond donors (Lipinski definition) is 1. The van der Waals surface area contributed by atoms with Crippen LogP contribution >= 0.6 is 11.6 Å². The SMILES string of the molecule is CN(C)C1CCCN(C(=O)c2ccc(Cl)c(S(=O)(=O)NC(C)(C)C)c2)C1. The lowest BCUT2D eigenvalue weighted by Gasteiger charge is -2.36. The summed E-state index contributed by atoms with van der Waals surface area (Å²) in [4.78, 5) is 16.7. The van der Waals surface area contributed by atoms with Crippen LogP contribution in [0.4, 0.5) is 0 Å². The molecule has 6 nitrogen and oxygen atoms in total. The first-order valence-electron chi connectivity index (χ1n) is 8.70. The van der Waals surface area contributed by atoms with Crippen LogP contribution in [0.3, 0.4) is 0 Å². The van der Waals surface area contributed by atoms with E-state index in [4.69, 9.17) is 11.6 Å². The maximum Gasteiger partial charge on any atom is 0.253 e. The number of hydrogen-bond acceptors (Lipinski definition) is 4. The van der Waals surface area contributed by atoms with Crippen molar-refractivity contribution in [3.63, 3.8) is 0 Å². The number of halogens is 1. The van der Waals surface area contributed by atoms with Crippen LogP contribution in [0.2, 0.25) is 5.02 Å². The van der Waals surface area contributed by atoms with Crippen molar-refractivity contribution in [2.24, 2.45) is 0 Å². The molecule has 0 radical (unpaired) electrons. The van der Waals surface area contributed by atoms with Gasteiger partial charge in [0, 0.05) is 30.2 Å². The van der Waals surface area contributed by atoms with Crippen molar-refractivity contribution in [3.8, 4) is 0 Å². The van der Waals surface area contributed by atoms with Crippen LogP contribution in [-0.2, 0) is 10.0 Å². The van der Waals surface area contributed by atoms with Crippen LogP contribution in [-0.4, -0.2) is 62.9 Å². The molecule has 0 saturated carbocycles. The number of benzene rings is 1. The van der Waals surface area contributed by atoms with Gasteiger partial charge in [-0.15, -0.1) is 0 Å². The molecule has 1 fully saturated rings. The van der Waals surface area contributed by atoms with Crippen LogP contribution in [0.5, 0.6) is 0 Å². The third kappa shape index (κ3) is 5.19. The van der Waals surface area contributed by atoms with Gasteiger partial charge in [0.05, 0.1) is 5.02 Å². The van der Waals surface area contributed by atoms with E-state index in [0.717, 1.165) is 12.8 Å². The van der Waals surface area contributed by atoms with Crippen molar-refractivity contribution in [2.45, 2.75) is 50.1 Å². The highest BCUT2D eigenvalue weighted by atomic mass is 35.5. The molecule has 1 heterocycles. The lowest BCUT2D eigenvalue weighted by Crippen LogP contribution is -2.47. The highest BCUT2D eigenvalue weighted by Gasteiger charge is 2.28. The van der Waals surface area contributed by atoms with E-state index in [2.05, 4.69) is 9.62 Å². The van der Waals surface area contributed by atoms with Crippen molar-refractivity contribution < 1.29 is 13.2 Å². The fourth-order valence-electron chi connectivity index (χ4n) is 3.04. The molecular weight excluding hydrogens is 374 g/mol. The molecule has 146 valence electrons. The van der Waals surface area contributed by atoms with Gasteiger partial charge >= 0.3 is 0 Å².